The van der Waals surface area contributed by atoms with E-state index in [1.807, 2.05) is 18.2 Å². The zero-order valence-corrected chi connectivity index (χ0v) is 19.7. The standard InChI is InChI=1S/C27H28N2O2S/c1-26(2)18-27(3,20-12-6-5-7-13-20)22-15-8-9-16-23(22)29(26)25(32)28-24(30)19-11-10-14-21(17-19)31-4/h5-17H,18H2,1-4H3,(H,28,30,32). The Morgan fingerprint density at radius 2 is 1.66 bits per heavy atom. The highest BCUT2D eigenvalue weighted by Gasteiger charge is 2.46. The Morgan fingerprint density at radius 1 is 0.969 bits per heavy atom. The fraction of sp³-hybridized carbons (Fsp3) is 0.259. The van der Waals surface area contributed by atoms with Gasteiger partial charge in [-0.1, -0.05) is 61.5 Å². The van der Waals surface area contributed by atoms with Gasteiger partial charge in [-0.15, -0.1) is 0 Å². The normalized spacial score (nSPS) is 19.1. The highest BCUT2D eigenvalue weighted by atomic mass is 32.1. The number of nitrogens with zero attached hydrogens (tertiary/aromatic N) is 1. The molecule has 0 saturated heterocycles. The number of hydrogen-bond donors (Lipinski definition) is 1. The number of amides is 1. The molecule has 0 aliphatic carbocycles. The minimum absolute atomic E-state index is 0.176. The van der Waals surface area contributed by atoms with Crippen LogP contribution in [0.25, 0.3) is 0 Å². The predicted molar refractivity (Wildman–Crippen MR) is 134 cm³/mol. The number of benzene rings is 3. The first-order valence-corrected chi connectivity index (χ1v) is 11.1. The molecule has 3 aromatic carbocycles. The molecule has 0 saturated carbocycles. The molecule has 4 nitrogen and oxygen atoms in total. The molecule has 0 spiro atoms. The smallest absolute Gasteiger partial charge is 0.257 e. The number of carbonyl (C=O) groups excluding carboxylic acids is 1. The molecule has 0 radical (unpaired) electrons. The first kappa shape index (κ1) is 22.0. The number of fused-ring (bicyclic) bond motifs is 1. The van der Waals surface area contributed by atoms with Crippen LogP contribution in [0.15, 0.2) is 78.9 Å². The topological polar surface area (TPSA) is 41.6 Å². The summed E-state index contributed by atoms with van der Waals surface area (Å²) in [5.41, 5.74) is 3.49. The Bertz CT molecular complexity index is 1160. The van der Waals surface area contributed by atoms with Gasteiger partial charge in [-0.3, -0.25) is 10.1 Å². The lowest BCUT2D eigenvalue weighted by molar-refractivity contribution is 0.0976. The molecule has 1 unspecified atom stereocenters. The average Bonchev–Trinajstić information content (AvgIpc) is 2.79. The van der Waals surface area contributed by atoms with Crippen LogP contribution in [0.1, 0.15) is 48.7 Å². The molecule has 5 heteroatoms. The number of thiocarbonyl (C=S) groups is 1. The third kappa shape index (κ3) is 3.89. The van der Waals surface area contributed by atoms with Gasteiger partial charge in [0.2, 0.25) is 0 Å². The van der Waals surface area contributed by atoms with Crippen molar-refractivity contribution in [3.8, 4) is 5.75 Å². The fourth-order valence-corrected chi connectivity index (χ4v) is 5.38. The molecule has 0 fully saturated rings. The zero-order valence-electron chi connectivity index (χ0n) is 18.9. The van der Waals surface area contributed by atoms with E-state index in [1.54, 1.807) is 25.3 Å². The van der Waals surface area contributed by atoms with Crippen molar-refractivity contribution in [3.63, 3.8) is 0 Å². The van der Waals surface area contributed by atoms with Gasteiger partial charge in [0.25, 0.3) is 5.91 Å². The summed E-state index contributed by atoms with van der Waals surface area (Å²) in [5.74, 6) is 0.379. The van der Waals surface area contributed by atoms with Gasteiger partial charge >= 0.3 is 0 Å². The second kappa shape index (κ2) is 8.40. The van der Waals surface area contributed by atoms with Crippen molar-refractivity contribution in [3.05, 3.63) is 95.6 Å². The van der Waals surface area contributed by atoms with Crippen LogP contribution in [0.3, 0.4) is 0 Å². The lowest BCUT2D eigenvalue weighted by Gasteiger charge is -2.52. The predicted octanol–water partition coefficient (Wildman–Crippen LogP) is 5.70. The van der Waals surface area contributed by atoms with Gasteiger partial charge in [0, 0.05) is 22.2 Å². The molecule has 1 heterocycles. The number of para-hydroxylation sites is 1. The maximum Gasteiger partial charge on any atom is 0.257 e. The Hall–Kier alpha value is -3.18. The quantitative estimate of drug-likeness (QED) is 0.526. The van der Waals surface area contributed by atoms with E-state index in [2.05, 4.69) is 73.5 Å². The molecule has 1 aliphatic rings. The molecule has 3 aromatic rings. The summed E-state index contributed by atoms with van der Waals surface area (Å²) in [6.07, 6.45) is 0.843. The van der Waals surface area contributed by atoms with Crippen LogP contribution in [0.2, 0.25) is 0 Å². The molecular weight excluding hydrogens is 416 g/mol. The lowest BCUT2D eigenvalue weighted by Crippen LogP contribution is -2.59. The molecule has 164 valence electrons. The van der Waals surface area contributed by atoms with Crippen molar-refractivity contribution in [2.45, 2.75) is 38.1 Å². The van der Waals surface area contributed by atoms with E-state index in [0.29, 0.717) is 16.4 Å². The summed E-state index contributed by atoms with van der Waals surface area (Å²) in [4.78, 5) is 15.0. The second-order valence-electron chi connectivity index (χ2n) is 9.03. The molecule has 1 atom stereocenters. The summed E-state index contributed by atoms with van der Waals surface area (Å²) < 4.78 is 5.25. The van der Waals surface area contributed by atoms with E-state index in [9.17, 15) is 4.79 Å². The van der Waals surface area contributed by atoms with Crippen LogP contribution in [-0.4, -0.2) is 23.7 Å². The SMILES string of the molecule is COc1cccc(C(=O)NC(=S)N2c3ccccc3C(C)(c3ccccc3)CC2(C)C)c1. The molecule has 4 rings (SSSR count). The average molecular weight is 445 g/mol. The van der Waals surface area contributed by atoms with Crippen molar-refractivity contribution < 1.29 is 9.53 Å². The third-order valence-electron chi connectivity index (χ3n) is 6.30. The number of rotatable bonds is 3. The van der Waals surface area contributed by atoms with Crippen molar-refractivity contribution in [2.75, 3.05) is 12.0 Å². The minimum atomic E-state index is -0.322. The van der Waals surface area contributed by atoms with Crippen LogP contribution in [0.5, 0.6) is 5.75 Å². The third-order valence-corrected chi connectivity index (χ3v) is 6.58. The van der Waals surface area contributed by atoms with E-state index in [1.165, 1.54) is 11.1 Å². The Kier molecular flexibility index (Phi) is 5.78. The molecular formula is C27H28N2O2S. The first-order valence-electron chi connectivity index (χ1n) is 10.7. The molecule has 0 aromatic heterocycles. The van der Waals surface area contributed by atoms with Gasteiger partial charge in [-0.25, -0.2) is 0 Å². The molecule has 32 heavy (non-hydrogen) atoms. The number of methoxy groups -OCH3 is 1. The van der Waals surface area contributed by atoms with Crippen LogP contribution >= 0.6 is 12.2 Å². The highest BCUT2D eigenvalue weighted by Crippen LogP contribution is 2.50. The maximum atomic E-state index is 13.0. The lowest BCUT2D eigenvalue weighted by atomic mass is 9.65. The van der Waals surface area contributed by atoms with Crippen molar-refractivity contribution >= 4 is 28.9 Å². The van der Waals surface area contributed by atoms with Gasteiger partial charge in [0.1, 0.15) is 5.75 Å². The first-order chi connectivity index (χ1) is 15.3. The number of hydrogen-bond acceptors (Lipinski definition) is 3. The van der Waals surface area contributed by atoms with E-state index >= 15 is 0 Å². The number of ether oxygens (including phenoxy) is 1. The van der Waals surface area contributed by atoms with E-state index in [-0.39, 0.29) is 16.9 Å². The van der Waals surface area contributed by atoms with Crippen molar-refractivity contribution in [1.29, 1.82) is 0 Å². The Balaban J connectivity index is 1.71. The number of nitrogens with one attached hydrogen (secondary N) is 1. The van der Waals surface area contributed by atoms with Crippen LogP contribution < -0.4 is 15.0 Å². The summed E-state index contributed by atoms with van der Waals surface area (Å²) >= 11 is 5.79. The van der Waals surface area contributed by atoms with Crippen LogP contribution in [0, 0.1) is 0 Å². The zero-order chi connectivity index (χ0) is 22.9. The van der Waals surface area contributed by atoms with Gasteiger partial charge in [0.05, 0.1) is 7.11 Å². The molecule has 1 aliphatic heterocycles. The van der Waals surface area contributed by atoms with Gasteiger partial charge in [-0.05, 0) is 67.9 Å². The van der Waals surface area contributed by atoms with Gasteiger partial charge in [0.15, 0.2) is 5.11 Å². The maximum absolute atomic E-state index is 13.0. The monoisotopic (exact) mass is 444 g/mol. The highest BCUT2D eigenvalue weighted by molar-refractivity contribution is 7.80. The second-order valence-corrected chi connectivity index (χ2v) is 9.42. The summed E-state index contributed by atoms with van der Waals surface area (Å²) in [6.45, 7) is 6.64. The minimum Gasteiger partial charge on any atom is -0.497 e. The van der Waals surface area contributed by atoms with E-state index in [4.69, 9.17) is 17.0 Å². The van der Waals surface area contributed by atoms with Crippen LogP contribution in [-0.2, 0) is 5.41 Å². The Morgan fingerprint density at radius 3 is 2.38 bits per heavy atom. The molecule has 0 bridgehead atoms. The number of anilines is 1. The fourth-order valence-electron chi connectivity index (χ4n) is 4.94. The molecule has 1 amide bonds. The Labute approximate surface area is 195 Å². The largest absolute Gasteiger partial charge is 0.497 e. The van der Waals surface area contributed by atoms with Crippen molar-refractivity contribution in [1.82, 2.24) is 5.32 Å². The summed E-state index contributed by atoms with van der Waals surface area (Å²) in [6, 6.07) is 26.0. The van der Waals surface area contributed by atoms with E-state index < -0.39 is 0 Å². The van der Waals surface area contributed by atoms with Crippen molar-refractivity contribution in [2.24, 2.45) is 0 Å². The number of carbonyl (C=O) groups is 1. The van der Waals surface area contributed by atoms with E-state index in [0.717, 1.165) is 12.1 Å². The molecule has 1 N–H and O–H groups in total. The van der Waals surface area contributed by atoms with Gasteiger partial charge < -0.3 is 9.64 Å². The summed E-state index contributed by atoms with van der Waals surface area (Å²) in [7, 11) is 1.58. The van der Waals surface area contributed by atoms with Gasteiger partial charge in [-0.2, -0.15) is 0 Å². The summed E-state index contributed by atoms with van der Waals surface area (Å²) in [5, 5.41) is 3.34. The van der Waals surface area contributed by atoms with Crippen LogP contribution in [0.4, 0.5) is 5.69 Å².